The van der Waals surface area contributed by atoms with Crippen molar-refractivity contribution in [1.82, 2.24) is 0 Å². The van der Waals surface area contributed by atoms with E-state index in [2.05, 4.69) is 0 Å². The van der Waals surface area contributed by atoms with E-state index in [1.807, 2.05) is 0 Å². The van der Waals surface area contributed by atoms with Crippen LogP contribution in [0.1, 0.15) is 13.8 Å². The van der Waals surface area contributed by atoms with E-state index in [-0.39, 0.29) is 11.5 Å². The number of carbonyl (C=O) groups is 3. The summed E-state index contributed by atoms with van der Waals surface area (Å²) in [5.41, 5.74) is 5.33. The molecule has 0 amide bonds. The smallest absolute Gasteiger partial charge is 0.254 e. The van der Waals surface area contributed by atoms with Crippen LogP contribution in [0.5, 0.6) is 0 Å². The van der Waals surface area contributed by atoms with Crippen LogP contribution in [0.3, 0.4) is 0 Å². The molecule has 0 bridgehead atoms. The summed E-state index contributed by atoms with van der Waals surface area (Å²) in [6.07, 6.45) is 0. The molecule has 0 aliphatic carbocycles. The van der Waals surface area contributed by atoms with Gasteiger partial charge in [-0.05, 0) is 6.92 Å². The maximum absolute atomic E-state index is 10.7. The Bertz CT molecular complexity index is 215. The minimum absolute atomic E-state index is 0.174. The Labute approximate surface area is 74.9 Å². The van der Waals surface area contributed by atoms with Gasteiger partial charge in [-0.2, -0.15) is 0 Å². The number of Topliss-reactive ketones (excluding diaryl/α,β-unsaturated/α-hetero) is 2. The predicted octanol–water partition coefficient (Wildman–Crippen LogP) is -0.249. The second kappa shape index (κ2) is 5.05. The minimum atomic E-state index is -0.654. The molecule has 68 valence electrons. The summed E-state index contributed by atoms with van der Waals surface area (Å²) in [7, 11) is 0. The third kappa shape index (κ3) is 4.25. The van der Waals surface area contributed by atoms with Gasteiger partial charge in [0.15, 0.2) is 0 Å². The Kier molecular flexibility index (Phi) is 4.77. The minimum Gasteiger partial charge on any atom is -0.321 e. The van der Waals surface area contributed by atoms with E-state index in [0.29, 0.717) is 0 Å². The highest BCUT2D eigenvalue weighted by molar-refractivity contribution is 8.15. The fourth-order valence-electron chi connectivity index (χ4n) is 0.384. The van der Waals surface area contributed by atoms with Crippen LogP contribution in [-0.2, 0) is 14.4 Å². The van der Waals surface area contributed by atoms with Gasteiger partial charge in [0, 0.05) is 12.7 Å². The quantitative estimate of drug-likeness (QED) is 0.617. The number of nitrogens with two attached hydrogens (primary N) is 1. The zero-order valence-electron chi connectivity index (χ0n) is 6.99. The van der Waals surface area contributed by atoms with Crippen molar-refractivity contribution >= 4 is 28.4 Å². The van der Waals surface area contributed by atoms with E-state index in [0.717, 1.165) is 11.8 Å². The summed E-state index contributed by atoms with van der Waals surface area (Å²) in [5, 5.41) is -0.549. The van der Waals surface area contributed by atoms with Crippen LogP contribution in [0, 0.1) is 0 Å². The second-order valence-electron chi connectivity index (χ2n) is 2.37. The van der Waals surface area contributed by atoms with E-state index in [9.17, 15) is 14.4 Å². The lowest BCUT2D eigenvalue weighted by Gasteiger charge is -2.04. The van der Waals surface area contributed by atoms with E-state index >= 15 is 0 Å². The Hall–Kier alpha value is -0.680. The molecule has 4 nitrogen and oxygen atoms in total. The van der Waals surface area contributed by atoms with Crippen LogP contribution in [0.4, 0.5) is 0 Å². The average Bonchev–Trinajstić information content (AvgIpc) is 1.98. The van der Waals surface area contributed by atoms with Gasteiger partial charge in [-0.3, -0.25) is 14.4 Å². The molecule has 0 aromatic rings. The highest BCUT2D eigenvalue weighted by Crippen LogP contribution is 2.04. The first-order valence-corrected chi connectivity index (χ1v) is 4.37. The number of hydrogen-bond donors (Lipinski definition) is 1. The van der Waals surface area contributed by atoms with Crippen LogP contribution >= 0.6 is 11.8 Å². The van der Waals surface area contributed by atoms with E-state index in [4.69, 9.17) is 5.73 Å². The summed E-state index contributed by atoms with van der Waals surface area (Å²) in [4.78, 5) is 31.7. The number of ketones is 2. The molecule has 0 saturated heterocycles. The van der Waals surface area contributed by atoms with Crippen LogP contribution in [-0.4, -0.2) is 28.5 Å². The third-order valence-electron chi connectivity index (χ3n) is 1.20. The van der Waals surface area contributed by atoms with E-state index in [1.165, 1.54) is 13.8 Å². The molecule has 5 heteroatoms. The van der Waals surface area contributed by atoms with Gasteiger partial charge in [-0.25, -0.2) is 0 Å². The normalized spacial score (nSPS) is 12.2. The van der Waals surface area contributed by atoms with Crippen molar-refractivity contribution in [2.24, 2.45) is 5.73 Å². The molecule has 0 heterocycles. The van der Waals surface area contributed by atoms with Crippen LogP contribution in [0.25, 0.3) is 0 Å². The standard InChI is InChI=1S/C7H11NO3S/c1-4(9)6(8)3-12-7(11)5(2)10/h6H,3,8H2,1-2H3. The Morgan fingerprint density at radius 1 is 1.33 bits per heavy atom. The first kappa shape index (κ1) is 11.3. The SMILES string of the molecule is CC(=O)C(=O)SCC(N)C(C)=O. The zero-order chi connectivity index (χ0) is 9.72. The molecule has 0 radical (unpaired) electrons. The van der Waals surface area contributed by atoms with Crippen molar-refractivity contribution in [3.8, 4) is 0 Å². The summed E-state index contributed by atoms with van der Waals surface area (Å²) in [5.74, 6) is -0.525. The molecule has 0 spiro atoms. The van der Waals surface area contributed by atoms with Crippen LogP contribution < -0.4 is 5.73 Å². The van der Waals surface area contributed by atoms with Gasteiger partial charge in [0.25, 0.3) is 5.12 Å². The molecular weight excluding hydrogens is 178 g/mol. The maximum Gasteiger partial charge on any atom is 0.254 e. The molecule has 12 heavy (non-hydrogen) atoms. The fourth-order valence-corrected chi connectivity index (χ4v) is 1.15. The number of carbonyl (C=O) groups excluding carboxylic acids is 3. The van der Waals surface area contributed by atoms with Crippen molar-refractivity contribution in [2.45, 2.75) is 19.9 Å². The Morgan fingerprint density at radius 2 is 1.83 bits per heavy atom. The molecular formula is C7H11NO3S. The predicted molar refractivity (Wildman–Crippen MR) is 46.8 cm³/mol. The van der Waals surface area contributed by atoms with Crippen LogP contribution in [0.2, 0.25) is 0 Å². The van der Waals surface area contributed by atoms with Crippen molar-refractivity contribution in [3.63, 3.8) is 0 Å². The maximum atomic E-state index is 10.7. The van der Waals surface area contributed by atoms with Crippen LogP contribution in [0.15, 0.2) is 0 Å². The van der Waals surface area contributed by atoms with Gasteiger partial charge in [-0.15, -0.1) is 0 Å². The molecule has 0 fully saturated rings. The second-order valence-corrected chi connectivity index (χ2v) is 3.36. The summed E-state index contributed by atoms with van der Waals surface area (Å²) < 4.78 is 0. The highest BCUT2D eigenvalue weighted by Gasteiger charge is 2.13. The molecule has 0 saturated carbocycles. The Balaban J connectivity index is 3.76. The highest BCUT2D eigenvalue weighted by atomic mass is 32.2. The van der Waals surface area contributed by atoms with Gasteiger partial charge in [0.05, 0.1) is 6.04 Å². The molecule has 2 N–H and O–H groups in total. The molecule has 0 aliphatic heterocycles. The molecule has 1 unspecified atom stereocenters. The van der Waals surface area contributed by atoms with Gasteiger partial charge in [0.2, 0.25) is 5.78 Å². The molecule has 1 atom stereocenters. The first-order chi connectivity index (χ1) is 5.45. The lowest BCUT2D eigenvalue weighted by molar-refractivity contribution is -0.130. The Morgan fingerprint density at radius 3 is 2.17 bits per heavy atom. The van der Waals surface area contributed by atoms with Gasteiger partial charge < -0.3 is 5.73 Å². The molecule has 0 aromatic carbocycles. The summed E-state index contributed by atoms with van der Waals surface area (Å²) in [6, 6.07) is -0.654. The lowest BCUT2D eigenvalue weighted by atomic mass is 10.3. The van der Waals surface area contributed by atoms with E-state index < -0.39 is 16.9 Å². The fraction of sp³-hybridized carbons (Fsp3) is 0.571. The van der Waals surface area contributed by atoms with Crippen molar-refractivity contribution in [1.29, 1.82) is 0 Å². The zero-order valence-corrected chi connectivity index (χ0v) is 7.81. The van der Waals surface area contributed by atoms with E-state index in [1.54, 1.807) is 0 Å². The van der Waals surface area contributed by atoms with Gasteiger partial charge in [0.1, 0.15) is 5.78 Å². The number of rotatable bonds is 4. The lowest BCUT2D eigenvalue weighted by Crippen LogP contribution is -2.31. The molecule has 0 aromatic heterocycles. The monoisotopic (exact) mass is 189 g/mol. The number of hydrogen-bond acceptors (Lipinski definition) is 5. The van der Waals surface area contributed by atoms with Gasteiger partial charge >= 0.3 is 0 Å². The third-order valence-corrected chi connectivity index (χ3v) is 2.28. The topological polar surface area (TPSA) is 77.2 Å². The van der Waals surface area contributed by atoms with Crippen molar-refractivity contribution < 1.29 is 14.4 Å². The molecule has 0 aliphatic rings. The van der Waals surface area contributed by atoms with Gasteiger partial charge in [-0.1, -0.05) is 11.8 Å². The molecule has 0 rings (SSSR count). The summed E-state index contributed by atoms with van der Waals surface area (Å²) in [6.45, 7) is 2.54. The van der Waals surface area contributed by atoms with Crippen molar-refractivity contribution in [3.05, 3.63) is 0 Å². The summed E-state index contributed by atoms with van der Waals surface area (Å²) >= 11 is 0.787. The number of thioether (sulfide) groups is 1. The van der Waals surface area contributed by atoms with Crippen molar-refractivity contribution in [2.75, 3.05) is 5.75 Å². The largest absolute Gasteiger partial charge is 0.321 e. The first-order valence-electron chi connectivity index (χ1n) is 3.39. The average molecular weight is 189 g/mol.